The molecule has 120 valence electrons. The summed E-state index contributed by atoms with van der Waals surface area (Å²) in [7, 11) is 0. The van der Waals surface area contributed by atoms with Crippen LogP contribution in [0.2, 0.25) is 0 Å². The van der Waals surface area contributed by atoms with Gasteiger partial charge in [0.2, 0.25) is 5.91 Å². The van der Waals surface area contributed by atoms with Crippen molar-refractivity contribution in [3.8, 4) is 5.75 Å². The van der Waals surface area contributed by atoms with Crippen molar-refractivity contribution < 1.29 is 9.53 Å². The van der Waals surface area contributed by atoms with E-state index in [1.54, 1.807) is 6.08 Å². The molecule has 1 N–H and O–H groups in total. The lowest BCUT2D eigenvalue weighted by Gasteiger charge is -2.04. The van der Waals surface area contributed by atoms with Crippen molar-refractivity contribution in [1.82, 2.24) is 0 Å². The molecule has 2 aromatic carbocycles. The van der Waals surface area contributed by atoms with Gasteiger partial charge in [-0.25, -0.2) is 0 Å². The average molecular weight is 309 g/mol. The number of nitrogens with one attached hydrogen (secondary N) is 1. The van der Waals surface area contributed by atoms with Crippen LogP contribution in [0.5, 0.6) is 5.75 Å². The van der Waals surface area contributed by atoms with Crippen LogP contribution in [0.4, 0.5) is 5.69 Å². The quantitative estimate of drug-likeness (QED) is 0.754. The molecule has 0 radical (unpaired) electrons. The van der Waals surface area contributed by atoms with Gasteiger partial charge >= 0.3 is 0 Å². The molecule has 23 heavy (non-hydrogen) atoms. The second-order valence-corrected chi connectivity index (χ2v) is 5.29. The Labute approximate surface area is 138 Å². The largest absolute Gasteiger partial charge is 0.494 e. The fourth-order valence-corrected chi connectivity index (χ4v) is 2.07. The van der Waals surface area contributed by atoms with Gasteiger partial charge in [-0.15, -0.1) is 0 Å². The van der Waals surface area contributed by atoms with Crippen molar-refractivity contribution in [1.29, 1.82) is 0 Å². The summed E-state index contributed by atoms with van der Waals surface area (Å²) >= 11 is 0. The van der Waals surface area contributed by atoms with Crippen molar-refractivity contribution in [2.24, 2.45) is 0 Å². The van der Waals surface area contributed by atoms with E-state index in [0.29, 0.717) is 6.61 Å². The van der Waals surface area contributed by atoms with Crippen molar-refractivity contribution in [2.75, 3.05) is 11.9 Å². The summed E-state index contributed by atoms with van der Waals surface area (Å²) in [4.78, 5) is 11.9. The predicted molar refractivity (Wildman–Crippen MR) is 95.7 cm³/mol. The SMILES string of the molecule is CCCOc1ccc(/C=C/C(=O)Nc2ccc(CC)cc2)cc1. The third-order valence-corrected chi connectivity index (χ3v) is 3.41. The predicted octanol–water partition coefficient (Wildman–Crippen LogP) is 4.69. The van der Waals surface area contributed by atoms with E-state index < -0.39 is 0 Å². The zero-order valence-corrected chi connectivity index (χ0v) is 13.7. The smallest absolute Gasteiger partial charge is 0.248 e. The van der Waals surface area contributed by atoms with E-state index in [1.165, 1.54) is 11.6 Å². The number of amides is 1. The van der Waals surface area contributed by atoms with E-state index in [1.807, 2.05) is 48.5 Å². The molecule has 0 aliphatic rings. The fraction of sp³-hybridized carbons (Fsp3) is 0.250. The Hall–Kier alpha value is -2.55. The Morgan fingerprint density at radius 1 is 1.04 bits per heavy atom. The molecule has 0 saturated carbocycles. The van der Waals surface area contributed by atoms with Crippen LogP contribution in [0, 0.1) is 0 Å². The lowest BCUT2D eigenvalue weighted by Crippen LogP contribution is -2.07. The van der Waals surface area contributed by atoms with Crippen LogP contribution in [-0.2, 0) is 11.2 Å². The minimum atomic E-state index is -0.138. The number of ether oxygens (including phenoxy) is 1. The normalized spacial score (nSPS) is 10.7. The number of carbonyl (C=O) groups is 1. The van der Waals surface area contributed by atoms with Gasteiger partial charge in [0.1, 0.15) is 5.75 Å². The van der Waals surface area contributed by atoms with Crippen LogP contribution in [0.25, 0.3) is 6.08 Å². The summed E-state index contributed by atoms with van der Waals surface area (Å²) < 4.78 is 5.53. The highest BCUT2D eigenvalue weighted by atomic mass is 16.5. The third-order valence-electron chi connectivity index (χ3n) is 3.41. The molecule has 0 spiro atoms. The van der Waals surface area contributed by atoms with Crippen molar-refractivity contribution in [2.45, 2.75) is 26.7 Å². The first-order valence-corrected chi connectivity index (χ1v) is 8.02. The van der Waals surface area contributed by atoms with Crippen LogP contribution in [0.1, 0.15) is 31.4 Å². The van der Waals surface area contributed by atoms with Crippen molar-refractivity contribution in [3.63, 3.8) is 0 Å². The first kappa shape index (κ1) is 16.8. The van der Waals surface area contributed by atoms with Gasteiger partial charge < -0.3 is 10.1 Å². The molecule has 0 aromatic heterocycles. The minimum absolute atomic E-state index is 0.138. The fourth-order valence-electron chi connectivity index (χ4n) is 2.07. The number of rotatable bonds is 7. The molecule has 0 unspecified atom stereocenters. The lowest BCUT2D eigenvalue weighted by molar-refractivity contribution is -0.111. The Bertz CT molecular complexity index is 642. The van der Waals surface area contributed by atoms with Crippen LogP contribution >= 0.6 is 0 Å². The maximum Gasteiger partial charge on any atom is 0.248 e. The molecule has 0 fully saturated rings. The topological polar surface area (TPSA) is 38.3 Å². The van der Waals surface area contributed by atoms with Gasteiger partial charge in [0.05, 0.1) is 6.61 Å². The van der Waals surface area contributed by atoms with Crippen LogP contribution in [0.3, 0.4) is 0 Å². The van der Waals surface area contributed by atoms with Gasteiger partial charge in [-0.3, -0.25) is 4.79 Å². The van der Waals surface area contributed by atoms with Gasteiger partial charge in [0.15, 0.2) is 0 Å². The molecule has 2 rings (SSSR count). The standard InChI is InChI=1S/C20H23NO2/c1-3-15-23-19-12-7-17(8-13-19)9-14-20(22)21-18-10-5-16(4-2)6-11-18/h5-14H,3-4,15H2,1-2H3,(H,21,22)/b14-9+. The second-order valence-electron chi connectivity index (χ2n) is 5.29. The molecule has 0 atom stereocenters. The maximum absolute atomic E-state index is 11.9. The molecular weight excluding hydrogens is 286 g/mol. The molecular formula is C20H23NO2. The van der Waals surface area contributed by atoms with Crippen LogP contribution in [0.15, 0.2) is 54.6 Å². The summed E-state index contributed by atoms with van der Waals surface area (Å²) in [6.07, 6.45) is 5.31. The first-order chi connectivity index (χ1) is 11.2. The summed E-state index contributed by atoms with van der Waals surface area (Å²) in [6, 6.07) is 15.6. The minimum Gasteiger partial charge on any atom is -0.494 e. The van der Waals surface area contributed by atoms with Gasteiger partial charge in [-0.1, -0.05) is 38.1 Å². The van der Waals surface area contributed by atoms with Gasteiger partial charge in [0, 0.05) is 11.8 Å². The van der Waals surface area contributed by atoms with Crippen molar-refractivity contribution in [3.05, 3.63) is 65.7 Å². The molecule has 1 amide bonds. The molecule has 3 nitrogen and oxygen atoms in total. The molecule has 3 heteroatoms. The number of hydrogen-bond acceptors (Lipinski definition) is 2. The second kappa shape index (κ2) is 8.79. The van der Waals surface area contributed by atoms with E-state index in [4.69, 9.17) is 4.74 Å². The molecule has 0 bridgehead atoms. The van der Waals surface area contributed by atoms with E-state index in [-0.39, 0.29) is 5.91 Å². The Morgan fingerprint density at radius 3 is 2.35 bits per heavy atom. The molecule has 2 aromatic rings. The molecule has 0 saturated heterocycles. The summed E-state index contributed by atoms with van der Waals surface area (Å²) in [6.45, 7) is 4.90. The summed E-state index contributed by atoms with van der Waals surface area (Å²) in [5.41, 5.74) is 3.02. The lowest BCUT2D eigenvalue weighted by atomic mass is 10.1. The zero-order chi connectivity index (χ0) is 16.5. The van der Waals surface area contributed by atoms with Gasteiger partial charge in [0.25, 0.3) is 0 Å². The monoisotopic (exact) mass is 309 g/mol. The highest BCUT2D eigenvalue weighted by Gasteiger charge is 1.98. The summed E-state index contributed by atoms with van der Waals surface area (Å²) in [5, 5.41) is 2.85. The molecule has 0 heterocycles. The van der Waals surface area contributed by atoms with E-state index in [0.717, 1.165) is 29.8 Å². The number of carbonyl (C=O) groups excluding carboxylic acids is 1. The third kappa shape index (κ3) is 5.62. The Morgan fingerprint density at radius 2 is 1.74 bits per heavy atom. The van der Waals surface area contributed by atoms with E-state index >= 15 is 0 Å². The maximum atomic E-state index is 11.9. The van der Waals surface area contributed by atoms with Crippen molar-refractivity contribution >= 4 is 17.7 Å². The Balaban J connectivity index is 1.89. The average Bonchev–Trinajstić information content (AvgIpc) is 2.59. The van der Waals surface area contributed by atoms with E-state index in [9.17, 15) is 4.79 Å². The van der Waals surface area contributed by atoms with Crippen LogP contribution in [-0.4, -0.2) is 12.5 Å². The highest BCUT2D eigenvalue weighted by molar-refractivity contribution is 6.01. The highest BCUT2D eigenvalue weighted by Crippen LogP contribution is 2.14. The zero-order valence-electron chi connectivity index (χ0n) is 13.7. The van der Waals surface area contributed by atoms with E-state index in [2.05, 4.69) is 19.2 Å². The van der Waals surface area contributed by atoms with Gasteiger partial charge in [-0.05, 0) is 54.3 Å². The Kier molecular flexibility index (Phi) is 6.42. The molecule has 0 aliphatic heterocycles. The first-order valence-electron chi connectivity index (χ1n) is 8.02. The number of hydrogen-bond donors (Lipinski definition) is 1. The van der Waals surface area contributed by atoms with Crippen LogP contribution < -0.4 is 10.1 Å². The number of benzene rings is 2. The number of anilines is 1. The van der Waals surface area contributed by atoms with Gasteiger partial charge in [-0.2, -0.15) is 0 Å². The summed E-state index contributed by atoms with van der Waals surface area (Å²) in [5.74, 6) is 0.713. The number of aryl methyl sites for hydroxylation is 1. The molecule has 0 aliphatic carbocycles.